The molecule has 1 amide bonds. The van der Waals surface area contributed by atoms with Gasteiger partial charge in [-0.2, -0.15) is 0 Å². The molecule has 1 fully saturated rings. The molecule has 0 spiro atoms. The number of hydrogen-bond acceptors (Lipinski definition) is 2. The van der Waals surface area contributed by atoms with E-state index in [0.717, 1.165) is 13.1 Å². The summed E-state index contributed by atoms with van der Waals surface area (Å²) in [7, 11) is 0. The van der Waals surface area contributed by atoms with Crippen molar-refractivity contribution in [3.63, 3.8) is 0 Å². The van der Waals surface area contributed by atoms with E-state index in [1.165, 1.54) is 16.7 Å². The Labute approximate surface area is 187 Å². The molecule has 1 aliphatic rings. The molecule has 154 valence electrons. The summed E-state index contributed by atoms with van der Waals surface area (Å²) in [4.78, 5) is 17.3. The quantitative estimate of drug-likeness (QED) is 0.509. The second kappa shape index (κ2) is 9.22. The summed E-state index contributed by atoms with van der Waals surface area (Å²) >= 11 is 12.2. The lowest BCUT2D eigenvalue weighted by Crippen LogP contribution is -2.49. The van der Waals surface area contributed by atoms with Crippen LogP contribution >= 0.6 is 23.2 Å². The zero-order valence-electron chi connectivity index (χ0n) is 16.9. The van der Waals surface area contributed by atoms with Gasteiger partial charge in [0.15, 0.2) is 0 Å². The molecule has 0 aliphatic carbocycles. The molecule has 1 atom stereocenters. The minimum Gasteiger partial charge on any atom is -0.336 e. The third kappa shape index (κ3) is 4.54. The smallest absolute Gasteiger partial charge is 0.255 e. The molecule has 1 heterocycles. The molecule has 3 aromatic rings. The topological polar surface area (TPSA) is 23.6 Å². The molecule has 1 aliphatic heterocycles. The molecular weight excluding hydrogens is 415 g/mol. The van der Waals surface area contributed by atoms with Crippen LogP contribution in [0.2, 0.25) is 10.0 Å². The van der Waals surface area contributed by atoms with E-state index in [1.807, 2.05) is 11.0 Å². The number of carbonyl (C=O) groups is 1. The van der Waals surface area contributed by atoms with Gasteiger partial charge < -0.3 is 4.90 Å². The Balaban J connectivity index is 1.53. The molecule has 5 heteroatoms. The van der Waals surface area contributed by atoms with Crippen molar-refractivity contribution in [2.24, 2.45) is 0 Å². The molecule has 1 saturated heterocycles. The van der Waals surface area contributed by atoms with Gasteiger partial charge in [-0.25, -0.2) is 0 Å². The lowest BCUT2D eigenvalue weighted by atomic mass is 9.95. The Kier molecular flexibility index (Phi) is 6.43. The highest BCUT2D eigenvalue weighted by Crippen LogP contribution is 2.30. The number of hydrogen-bond donors (Lipinski definition) is 0. The van der Waals surface area contributed by atoms with Crippen molar-refractivity contribution in [1.82, 2.24) is 9.80 Å². The van der Waals surface area contributed by atoms with Crippen LogP contribution in [0.15, 0.2) is 72.8 Å². The molecule has 0 aromatic heterocycles. The largest absolute Gasteiger partial charge is 0.336 e. The van der Waals surface area contributed by atoms with Crippen molar-refractivity contribution in [3.05, 3.63) is 105 Å². The lowest BCUT2D eigenvalue weighted by Gasteiger charge is -2.40. The fourth-order valence-corrected chi connectivity index (χ4v) is 4.50. The second-order valence-corrected chi connectivity index (χ2v) is 8.52. The van der Waals surface area contributed by atoms with Crippen LogP contribution in [0.4, 0.5) is 0 Å². The first-order chi connectivity index (χ1) is 14.5. The first-order valence-corrected chi connectivity index (χ1v) is 10.9. The molecule has 0 radical (unpaired) electrons. The van der Waals surface area contributed by atoms with Crippen LogP contribution in [0.5, 0.6) is 0 Å². The van der Waals surface area contributed by atoms with Gasteiger partial charge >= 0.3 is 0 Å². The van der Waals surface area contributed by atoms with Crippen molar-refractivity contribution < 1.29 is 4.79 Å². The summed E-state index contributed by atoms with van der Waals surface area (Å²) in [6.45, 7) is 5.02. The Morgan fingerprint density at radius 1 is 0.833 bits per heavy atom. The Hall–Kier alpha value is -2.33. The van der Waals surface area contributed by atoms with Crippen LogP contribution in [-0.2, 0) is 0 Å². The minimum atomic E-state index is -0.0390. The maximum Gasteiger partial charge on any atom is 0.255 e. The second-order valence-electron chi connectivity index (χ2n) is 7.68. The van der Waals surface area contributed by atoms with Gasteiger partial charge in [0, 0.05) is 31.2 Å². The predicted octanol–water partition coefficient (Wildman–Crippen LogP) is 5.85. The average molecular weight is 439 g/mol. The standard InChI is InChI=1S/C25H24Cl2N2O/c1-18-7-9-20(10-8-18)24(19-5-3-2-4-6-19)28-13-15-29(16-14-28)25(30)22-12-11-21(26)17-23(22)27/h2-12,17,24H,13-16H2,1H3/t24-/m0/s1. The summed E-state index contributed by atoms with van der Waals surface area (Å²) in [6.07, 6.45) is 0. The number of rotatable bonds is 4. The van der Waals surface area contributed by atoms with E-state index in [-0.39, 0.29) is 11.9 Å². The van der Waals surface area contributed by atoms with Crippen LogP contribution < -0.4 is 0 Å². The highest BCUT2D eigenvalue weighted by molar-refractivity contribution is 6.36. The maximum atomic E-state index is 13.0. The average Bonchev–Trinajstić information content (AvgIpc) is 2.76. The molecular formula is C25H24Cl2N2O. The van der Waals surface area contributed by atoms with Gasteiger partial charge in [0.25, 0.3) is 5.91 Å². The highest BCUT2D eigenvalue weighted by atomic mass is 35.5. The zero-order valence-corrected chi connectivity index (χ0v) is 18.4. The Morgan fingerprint density at radius 2 is 1.47 bits per heavy atom. The van der Waals surface area contributed by atoms with Crippen LogP contribution in [0.3, 0.4) is 0 Å². The van der Waals surface area contributed by atoms with E-state index in [2.05, 4.69) is 60.4 Å². The number of carbonyl (C=O) groups excluding carboxylic acids is 1. The van der Waals surface area contributed by atoms with Crippen molar-refractivity contribution in [3.8, 4) is 0 Å². The summed E-state index contributed by atoms with van der Waals surface area (Å²) < 4.78 is 0. The Bertz CT molecular complexity index is 1010. The number of amides is 1. The minimum absolute atomic E-state index is 0.0390. The molecule has 0 bridgehead atoms. The van der Waals surface area contributed by atoms with Gasteiger partial charge in [-0.15, -0.1) is 0 Å². The normalized spacial score (nSPS) is 15.8. The zero-order chi connectivity index (χ0) is 21.1. The van der Waals surface area contributed by atoms with Gasteiger partial charge in [-0.3, -0.25) is 9.69 Å². The predicted molar refractivity (Wildman–Crippen MR) is 123 cm³/mol. The van der Waals surface area contributed by atoms with E-state index in [4.69, 9.17) is 23.2 Å². The lowest BCUT2D eigenvalue weighted by molar-refractivity contribution is 0.0597. The SMILES string of the molecule is Cc1ccc([C@H](c2ccccc2)N2CCN(C(=O)c3ccc(Cl)cc3Cl)CC2)cc1. The molecule has 30 heavy (non-hydrogen) atoms. The summed E-state index contributed by atoms with van der Waals surface area (Å²) in [5.74, 6) is -0.0390. The first-order valence-electron chi connectivity index (χ1n) is 10.1. The van der Waals surface area contributed by atoms with Crippen molar-refractivity contribution in [2.45, 2.75) is 13.0 Å². The number of benzene rings is 3. The van der Waals surface area contributed by atoms with Crippen molar-refractivity contribution in [1.29, 1.82) is 0 Å². The fourth-order valence-electron chi connectivity index (χ4n) is 4.01. The van der Waals surface area contributed by atoms with Crippen LogP contribution in [0, 0.1) is 6.92 Å². The van der Waals surface area contributed by atoms with Gasteiger partial charge in [-0.1, -0.05) is 83.4 Å². The molecule has 4 rings (SSSR count). The van der Waals surface area contributed by atoms with Crippen LogP contribution in [-0.4, -0.2) is 41.9 Å². The summed E-state index contributed by atoms with van der Waals surface area (Å²) in [5, 5.41) is 0.932. The monoisotopic (exact) mass is 438 g/mol. The number of piperazine rings is 1. The van der Waals surface area contributed by atoms with Crippen LogP contribution in [0.1, 0.15) is 33.1 Å². The van der Waals surface area contributed by atoms with Crippen molar-refractivity contribution in [2.75, 3.05) is 26.2 Å². The van der Waals surface area contributed by atoms with E-state index >= 15 is 0 Å². The third-order valence-electron chi connectivity index (χ3n) is 5.64. The molecule has 0 N–H and O–H groups in total. The van der Waals surface area contributed by atoms with Gasteiger partial charge in [0.1, 0.15) is 0 Å². The van der Waals surface area contributed by atoms with E-state index in [0.29, 0.717) is 28.7 Å². The number of aryl methyl sites for hydroxylation is 1. The third-order valence-corrected chi connectivity index (χ3v) is 6.18. The molecule has 0 saturated carbocycles. The van der Waals surface area contributed by atoms with Gasteiger partial charge in [0.05, 0.1) is 16.6 Å². The fraction of sp³-hybridized carbons (Fsp3) is 0.240. The summed E-state index contributed by atoms with van der Waals surface area (Å²) in [6, 6.07) is 24.5. The number of halogens is 2. The number of nitrogens with zero attached hydrogens (tertiary/aromatic N) is 2. The molecule has 3 aromatic carbocycles. The Morgan fingerprint density at radius 3 is 2.10 bits per heavy atom. The van der Waals surface area contributed by atoms with Gasteiger partial charge in [-0.05, 0) is 36.2 Å². The molecule has 3 nitrogen and oxygen atoms in total. The maximum absolute atomic E-state index is 13.0. The van der Waals surface area contributed by atoms with Crippen molar-refractivity contribution >= 4 is 29.1 Å². The summed E-state index contributed by atoms with van der Waals surface area (Å²) in [5.41, 5.74) is 4.29. The van der Waals surface area contributed by atoms with Crippen LogP contribution in [0.25, 0.3) is 0 Å². The van der Waals surface area contributed by atoms with E-state index in [1.54, 1.807) is 18.2 Å². The molecule has 0 unspecified atom stereocenters. The first kappa shape index (κ1) is 20.9. The van der Waals surface area contributed by atoms with E-state index < -0.39 is 0 Å². The van der Waals surface area contributed by atoms with Gasteiger partial charge in [0.2, 0.25) is 0 Å². The highest BCUT2D eigenvalue weighted by Gasteiger charge is 2.29. The van der Waals surface area contributed by atoms with E-state index in [9.17, 15) is 4.79 Å².